The predicted molar refractivity (Wildman–Crippen MR) is 107 cm³/mol. The Labute approximate surface area is 155 Å². The Hall–Kier alpha value is -2.74. The van der Waals surface area contributed by atoms with Crippen molar-refractivity contribution in [2.75, 3.05) is 5.43 Å². The number of amides is 1. The summed E-state index contributed by atoms with van der Waals surface area (Å²) in [6.07, 6.45) is 0. The Morgan fingerprint density at radius 2 is 2.12 bits per heavy atom. The molecular formula is C19H20N4O2S. The molecule has 1 heterocycles. The first-order valence-corrected chi connectivity index (χ1v) is 8.81. The molecule has 3 aromatic rings. The number of hydrazine groups is 1. The second kappa shape index (κ2) is 7.25. The number of rotatable bonds is 6. The zero-order valence-corrected chi connectivity index (χ0v) is 15.4. The molecule has 26 heavy (non-hydrogen) atoms. The van der Waals surface area contributed by atoms with Gasteiger partial charge in [0, 0.05) is 23.0 Å². The van der Waals surface area contributed by atoms with Gasteiger partial charge in [0.25, 0.3) is 5.91 Å². The number of anilines is 1. The van der Waals surface area contributed by atoms with E-state index in [1.807, 2.05) is 44.2 Å². The molecule has 2 aromatic carbocycles. The summed E-state index contributed by atoms with van der Waals surface area (Å²) < 4.78 is 0.879. The van der Waals surface area contributed by atoms with Gasteiger partial charge in [-0.1, -0.05) is 24.8 Å². The average Bonchev–Trinajstić information content (AvgIpc) is 2.89. The monoisotopic (exact) mass is 368 g/mol. The molecule has 0 unspecified atom stereocenters. The first-order chi connectivity index (χ1) is 12.4. The minimum absolute atomic E-state index is 0.462. The van der Waals surface area contributed by atoms with Gasteiger partial charge in [-0.25, -0.2) is 0 Å². The summed E-state index contributed by atoms with van der Waals surface area (Å²) in [6, 6.07) is 11.3. The highest BCUT2D eigenvalue weighted by Gasteiger charge is 2.16. The second-order valence-corrected chi connectivity index (χ2v) is 6.78. The maximum absolute atomic E-state index is 11.8. The van der Waals surface area contributed by atoms with Crippen molar-refractivity contribution in [3.8, 4) is 11.1 Å². The number of hydrogen-bond acceptors (Lipinski definition) is 5. The van der Waals surface area contributed by atoms with Crippen molar-refractivity contribution in [3.05, 3.63) is 65.2 Å². The van der Waals surface area contributed by atoms with Crippen LogP contribution in [0.25, 0.3) is 22.0 Å². The molecule has 1 aromatic heterocycles. The molecule has 0 radical (unpaired) electrons. The number of nitrogens with zero attached hydrogens (tertiary/aromatic N) is 1. The number of fused-ring (bicyclic) bond motifs is 1. The lowest BCUT2D eigenvalue weighted by Gasteiger charge is -2.15. The van der Waals surface area contributed by atoms with Crippen molar-refractivity contribution in [3.63, 3.8) is 0 Å². The van der Waals surface area contributed by atoms with E-state index in [-0.39, 0.29) is 0 Å². The molecule has 7 heteroatoms. The van der Waals surface area contributed by atoms with Gasteiger partial charge in [-0.15, -0.1) is 0 Å². The van der Waals surface area contributed by atoms with E-state index in [1.54, 1.807) is 6.07 Å². The summed E-state index contributed by atoms with van der Waals surface area (Å²) >= 11 is 1.03. The van der Waals surface area contributed by atoms with Crippen molar-refractivity contribution >= 4 is 34.4 Å². The maximum Gasteiger partial charge on any atom is 0.250 e. The summed E-state index contributed by atoms with van der Waals surface area (Å²) in [6.45, 7) is 7.54. The third-order valence-electron chi connectivity index (χ3n) is 4.29. The van der Waals surface area contributed by atoms with Crippen LogP contribution in [0.15, 0.2) is 48.4 Å². The molecule has 0 saturated heterocycles. The van der Waals surface area contributed by atoms with Crippen LogP contribution >= 0.6 is 11.9 Å². The van der Waals surface area contributed by atoms with Gasteiger partial charge in [0.05, 0.1) is 16.8 Å². The van der Waals surface area contributed by atoms with Crippen molar-refractivity contribution in [2.45, 2.75) is 13.8 Å². The van der Waals surface area contributed by atoms with Crippen molar-refractivity contribution in [1.29, 1.82) is 0 Å². The zero-order chi connectivity index (χ0) is 18.8. The van der Waals surface area contributed by atoms with Crippen LogP contribution in [0.3, 0.4) is 0 Å². The molecule has 0 fully saturated rings. The van der Waals surface area contributed by atoms with Crippen LogP contribution in [0.1, 0.15) is 21.6 Å². The number of H-pyrrole nitrogens is 1. The molecule has 0 aliphatic carbocycles. The number of aryl methyl sites for hydroxylation is 2. The number of primary amides is 1. The number of hydrogen-bond donors (Lipinski definition) is 4. The lowest BCUT2D eigenvalue weighted by atomic mass is 9.96. The van der Waals surface area contributed by atoms with Crippen LogP contribution in [0.2, 0.25) is 0 Å². The van der Waals surface area contributed by atoms with Crippen LogP contribution < -0.4 is 11.2 Å². The lowest BCUT2D eigenvalue weighted by Crippen LogP contribution is -2.17. The van der Waals surface area contributed by atoms with E-state index in [0.29, 0.717) is 5.56 Å². The minimum Gasteiger partial charge on any atom is -0.366 e. The largest absolute Gasteiger partial charge is 0.366 e. The minimum atomic E-state index is -0.462. The van der Waals surface area contributed by atoms with Crippen LogP contribution in [-0.4, -0.2) is 20.7 Å². The Balaban J connectivity index is 2.13. The number of nitrogens with one attached hydrogen (secondary N) is 2. The van der Waals surface area contributed by atoms with Gasteiger partial charge >= 0.3 is 0 Å². The molecule has 0 spiro atoms. The molecule has 0 saturated carbocycles. The molecular weight excluding hydrogens is 348 g/mol. The van der Waals surface area contributed by atoms with Gasteiger partial charge in [0.1, 0.15) is 0 Å². The average molecular weight is 368 g/mol. The van der Waals surface area contributed by atoms with Gasteiger partial charge in [-0.2, -0.15) is 0 Å². The van der Waals surface area contributed by atoms with E-state index < -0.39 is 5.91 Å². The van der Waals surface area contributed by atoms with Crippen LogP contribution in [0.5, 0.6) is 0 Å². The van der Waals surface area contributed by atoms with Gasteiger partial charge in [0.2, 0.25) is 0 Å². The molecule has 5 N–H and O–H groups in total. The molecule has 134 valence electrons. The van der Waals surface area contributed by atoms with Gasteiger partial charge in [-0.3, -0.25) is 15.4 Å². The summed E-state index contributed by atoms with van der Waals surface area (Å²) in [5, 5.41) is 12.2. The van der Waals surface area contributed by atoms with Gasteiger partial charge in [-0.05, 0) is 58.7 Å². The van der Waals surface area contributed by atoms with Gasteiger partial charge in [0.15, 0.2) is 0 Å². The summed E-state index contributed by atoms with van der Waals surface area (Å²) in [7, 11) is 0. The zero-order valence-electron chi connectivity index (χ0n) is 14.5. The molecule has 3 rings (SSSR count). The maximum atomic E-state index is 11.8. The second-order valence-electron chi connectivity index (χ2n) is 5.89. The Bertz CT molecular complexity index is 997. The number of aromatic amines is 1. The molecule has 0 aliphatic rings. The number of nitrogens with two attached hydrogens (primary N) is 1. The number of aromatic nitrogens is 1. The van der Waals surface area contributed by atoms with E-state index in [1.165, 1.54) is 5.41 Å². The summed E-state index contributed by atoms with van der Waals surface area (Å²) in [4.78, 5) is 15.0. The standard InChI is InChI=1S/C19H20N4O2S/c1-4-26-23(25)22-14-7-5-6-13(10-14)15-8-9-16(19(20)24)18-17(15)11(2)12(3)21-18/h4-10,21-22,25H,1H2,2-3H3,(H2,20,24). The topological polar surface area (TPSA) is 94.4 Å². The number of carbonyl (C=O) groups is 1. The van der Waals surface area contributed by atoms with Crippen molar-refractivity contribution in [1.82, 2.24) is 9.56 Å². The quantitative estimate of drug-likeness (QED) is 0.383. The number of carbonyl (C=O) groups excluding carboxylic acids is 1. The molecule has 0 bridgehead atoms. The van der Waals surface area contributed by atoms with Crippen LogP contribution in [0.4, 0.5) is 5.69 Å². The highest BCUT2D eigenvalue weighted by atomic mass is 32.2. The Morgan fingerprint density at radius 1 is 1.35 bits per heavy atom. The van der Waals surface area contributed by atoms with E-state index in [0.717, 1.165) is 55.5 Å². The fraction of sp³-hybridized carbons (Fsp3) is 0.105. The first kappa shape index (κ1) is 18.1. The van der Waals surface area contributed by atoms with E-state index in [9.17, 15) is 10.0 Å². The molecule has 0 aliphatic heterocycles. The summed E-state index contributed by atoms with van der Waals surface area (Å²) in [5.41, 5.74) is 14.3. The molecule has 1 amide bonds. The lowest BCUT2D eigenvalue weighted by molar-refractivity contribution is 0.0449. The van der Waals surface area contributed by atoms with Crippen LogP contribution in [-0.2, 0) is 0 Å². The van der Waals surface area contributed by atoms with E-state index in [2.05, 4.69) is 17.0 Å². The normalized spacial score (nSPS) is 11.1. The summed E-state index contributed by atoms with van der Waals surface area (Å²) in [5.74, 6) is -0.462. The fourth-order valence-electron chi connectivity index (χ4n) is 3.00. The van der Waals surface area contributed by atoms with Gasteiger partial charge < -0.3 is 10.7 Å². The SMILES string of the molecule is C=CSN(O)Nc1cccc(-c2ccc(C(N)=O)c3[nH]c(C)c(C)c23)c1. The number of benzene rings is 2. The van der Waals surface area contributed by atoms with E-state index in [4.69, 9.17) is 5.73 Å². The third-order valence-corrected chi connectivity index (χ3v) is 4.73. The molecule has 0 atom stereocenters. The first-order valence-electron chi connectivity index (χ1n) is 7.97. The Kier molecular flexibility index (Phi) is 5.03. The van der Waals surface area contributed by atoms with Crippen LogP contribution in [0, 0.1) is 13.8 Å². The highest BCUT2D eigenvalue weighted by Crippen LogP contribution is 2.35. The van der Waals surface area contributed by atoms with E-state index >= 15 is 0 Å². The van der Waals surface area contributed by atoms with Crippen molar-refractivity contribution < 1.29 is 10.0 Å². The molecule has 6 nitrogen and oxygen atoms in total. The highest BCUT2D eigenvalue weighted by molar-refractivity contribution is 7.99. The third kappa shape index (κ3) is 3.32. The van der Waals surface area contributed by atoms with Crippen molar-refractivity contribution in [2.24, 2.45) is 5.73 Å². The predicted octanol–water partition coefficient (Wildman–Crippen LogP) is 4.36. The fourth-order valence-corrected chi connectivity index (χ4v) is 3.30. The smallest absolute Gasteiger partial charge is 0.250 e. The Morgan fingerprint density at radius 3 is 2.81 bits per heavy atom.